The first-order valence-electron chi connectivity index (χ1n) is 6.14. The molecule has 4 nitrogen and oxygen atoms in total. The van der Waals surface area contributed by atoms with E-state index in [1.54, 1.807) is 13.0 Å². The minimum absolute atomic E-state index is 0.170. The zero-order valence-corrected chi connectivity index (χ0v) is 14.8. The van der Waals surface area contributed by atoms with Crippen molar-refractivity contribution in [3.05, 3.63) is 14.7 Å². The average molecular weight is 370 g/mol. The Hall–Kier alpha value is 0.0500. The van der Waals surface area contributed by atoms with Crippen LogP contribution in [0, 0.1) is 12.8 Å². The second-order valence-electron chi connectivity index (χ2n) is 4.60. The van der Waals surface area contributed by atoms with Crippen LogP contribution < -0.4 is 4.72 Å². The molecule has 0 radical (unpaired) electrons. The van der Waals surface area contributed by atoms with E-state index < -0.39 is 10.0 Å². The van der Waals surface area contributed by atoms with Crippen molar-refractivity contribution in [2.75, 3.05) is 13.2 Å². The lowest BCUT2D eigenvalue weighted by Gasteiger charge is -2.21. The van der Waals surface area contributed by atoms with Gasteiger partial charge in [-0.2, -0.15) is 0 Å². The van der Waals surface area contributed by atoms with Gasteiger partial charge < -0.3 is 4.74 Å². The summed E-state index contributed by atoms with van der Waals surface area (Å²) in [6.07, 6.45) is 0. The molecule has 0 aliphatic heterocycles. The molecular formula is C12H20BrNO3S2. The molecule has 110 valence electrons. The highest BCUT2D eigenvalue weighted by Gasteiger charge is 2.25. The van der Waals surface area contributed by atoms with E-state index in [0.717, 1.165) is 8.66 Å². The summed E-state index contributed by atoms with van der Waals surface area (Å²) >= 11 is 4.73. The van der Waals surface area contributed by atoms with Crippen LogP contribution in [0.1, 0.15) is 25.6 Å². The average Bonchev–Trinajstić information content (AvgIpc) is 2.64. The van der Waals surface area contributed by atoms with Crippen molar-refractivity contribution >= 4 is 37.3 Å². The van der Waals surface area contributed by atoms with Gasteiger partial charge in [0.1, 0.15) is 0 Å². The second-order valence-corrected chi connectivity index (χ2v) is 8.92. The zero-order chi connectivity index (χ0) is 14.6. The second kappa shape index (κ2) is 7.17. The summed E-state index contributed by atoms with van der Waals surface area (Å²) in [7, 11) is -3.49. The highest BCUT2D eigenvalue weighted by atomic mass is 79.9. The molecule has 0 aromatic carbocycles. The molecule has 1 unspecified atom stereocenters. The summed E-state index contributed by atoms with van der Waals surface area (Å²) < 4.78 is 33.6. The fourth-order valence-corrected chi connectivity index (χ4v) is 5.35. The van der Waals surface area contributed by atoms with Gasteiger partial charge in [-0.25, -0.2) is 13.1 Å². The molecule has 0 aliphatic rings. The van der Waals surface area contributed by atoms with E-state index in [0.29, 0.717) is 18.1 Å². The number of hydrogen-bond donors (Lipinski definition) is 1. The molecule has 19 heavy (non-hydrogen) atoms. The molecule has 0 spiro atoms. The van der Waals surface area contributed by atoms with Crippen molar-refractivity contribution in [3.8, 4) is 0 Å². The number of nitrogens with one attached hydrogen (secondary N) is 1. The maximum atomic E-state index is 12.4. The third-order valence-electron chi connectivity index (χ3n) is 2.74. The number of sulfonamides is 1. The summed E-state index contributed by atoms with van der Waals surface area (Å²) in [6.45, 7) is 8.61. The molecule has 0 fully saturated rings. The van der Waals surface area contributed by atoms with Gasteiger partial charge in [0.05, 0.1) is 15.3 Å². The van der Waals surface area contributed by atoms with Crippen molar-refractivity contribution in [2.24, 2.45) is 5.92 Å². The lowest BCUT2D eigenvalue weighted by molar-refractivity contribution is 0.116. The molecule has 0 bridgehead atoms. The summed E-state index contributed by atoms with van der Waals surface area (Å²) in [4.78, 5) is 1.12. The van der Waals surface area contributed by atoms with Gasteiger partial charge in [-0.15, -0.1) is 11.3 Å². The molecule has 7 heteroatoms. The Kier molecular flexibility index (Phi) is 6.46. The first-order chi connectivity index (χ1) is 8.77. The van der Waals surface area contributed by atoms with Gasteiger partial charge in [-0.3, -0.25) is 0 Å². The minimum Gasteiger partial charge on any atom is -0.380 e. The van der Waals surface area contributed by atoms with Crippen LogP contribution in [0.5, 0.6) is 0 Å². The fraction of sp³-hybridized carbons (Fsp3) is 0.667. The fourth-order valence-electron chi connectivity index (χ4n) is 1.57. The highest BCUT2D eigenvalue weighted by molar-refractivity contribution is 9.11. The molecule has 0 amide bonds. The van der Waals surface area contributed by atoms with Crippen LogP contribution in [0.4, 0.5) is 0 Å². The molecule has 1 aromatic heterocycles. The predicted octanol–water partition coefficient (Wildman–Crippen LogP) is 3.16. The van der Waals surface area contributed by atoms with Crippen LogP contribution in [0.25, 0.3) is 0 Å². The molecule has 0 saturated carbocycles. The van der Waals surface area contributed by atoms with Crippen LogP contribution >= 0.6 is 27.3 Å². The van der Waals surface area contributed by atoms with Crippen molar-refractivity contribution in [2.45, 2.75) is 38.6 Å². The summed E-state index contributed by atoms with van der Waals surface area (Å²) in [5, 5.41) is 0. The molecule has 1 atom stereocenters. The Morgan fingerprint density at radius 2 is 2.11 bits per heavy atom. The summed E-state index contributed by atoms with van der Waals surface area (Å²) in [6, 6.07) is 1.42. The minimum atomic E-state index is -3.49. The van der Waals surface area contributed by atoms with E-state index in [1.807, 2.05) is 20.8 Å². The number of ether oxygens (including phenoxy) is 1. The highest BCUT2D eigenvalue weighted by Crippen LogP contribution is 2.29. The summed E-state index contributed by atoms with van der Waals surface area (Å²) in [5.74, 6) is 0.170. The monoisotopic (exact) mass is 369 g/mol. The molecular weight excluding hydrogens is 350 g/mol. The number of hydrogen-bond acceptors (Lipinski definition) is 4. The van der Waals surface area contributed by atoms with Crippen LogP contribution in [0.2, 0.25) is 0 Å². The van der Waals surface area contributed by atoms with E-state index in [-0.39, 0.29) is 12.0 Å². The van der Waals surface area contributed by atoms with Gasteiger partial charge in [0.15, 0.2) is 0 Å². The van der Waals surface area contributed by atoms with Crippen LogP contribution in [-0.4, -0.2) is 27.7 Å². The van der Waals surface area contributed by atoms with Crippen molar-refractivity contribution in [1.82, 2.24) is 4.72 Å². The molecule has 1 aromatic rings. The Morgan fingerprint density at radius 3 is 2.53 bits per heavy atom. The van der Waals surface area contributed by atoms with E-state index in [4.69, 9.17) is 4.74 Å². The van der Waals surface area contributed by atoms with E-state index >= 15 is 0 Å². The summed E-state index contributed by atoms with van der Waals surface area (Å²) in [5.41, 5.74) is 0. The molecule has 1 rings (SSSR count). The van der Waals surface area contributed by atoms with Crippen LogP contribution in [0.15, 0.2) is 14.7 Å². The van der Waals surface area contributed by atoms with Crippen molar-refractivity contribution < 1.29 is 13.2 Å². The van der Waals surface area contributed by atoms with Crippen LogP contribution in [0.3, 0.4) is 0 Å². The van der Waals surface area contributed by atoms with Gasteiger partial charge in [-0.1, -0.05) is 13.8 Å². The predicted molar refractivity (Wildman–Crippen MR) is 82.2 cm³/mol. The standard InChI is InChI=1S/C12H20BrNO3S2/c1-5-17-7-10(8(2)3)14-19(15,16)11-6-12(13)18-9(11)4/h6,8,10,14H,5,7H2,1-4H3. The maximum absolute atomic E-state index is 12.4. The third kappa shape index (κ3) is 4.82. The van der Waals surface area contributed by atoms with Gasteiger partial charge in [0.25, 0.3) is 0 Å². The van der Waals surface area contributed by atoms with Crippen molar-refractivity contribution in [1.29, 1.82) is 0 Å². The molecule has 0 aliphatic carbocycles. The van der Waals surface area contributed by atoms with E-state index in [1.165, 1.54) is 11.3 Å². The van der Waals surface area contributed by atoms with E-state index in [2.05, 4.69) is 20.7 Å². The first-order valence-corrected chi connectivity index (χ1v) is 9.23. The molecule has 1 heterocycles. The molecule has 0 saturated heterocycles. The number of aryl methyl sites for hydroxylation is 1. The Labute approximate surface area is 127 Å². The Morgan fingerprint density at radius 1 is 1.47 bits per heavy atom. The lowest BCUT2D eigenvalue weighted by Crippen LogP contribution is -2.41. The van der Waals surface area contributed by atoms with Crippen molar-refractivity contribution in [3.63, 3.8) is 0 Å². The van der Waals surface area contributed by atoms with Gasteiger partial charge in [-0.05, 0) is 41.8 Å². The normalized spacial score (nSPS) is 14.0. The number of thiophene rings is 1. The topological polar surface area (TPSA) is 55.4 Å². The van der Waals surface area contributed by atoms with Gasteiger partial charge >= 0.3 is 0 Å². The maximum Gasteiger partial charge on any atom is 0.242 e. The van der Waals surface area contributed by atoms with E-state index in [9.17, 15) is 8.42 Å². The number of halogens is 1. The van der Waals surface area contributed by atoms with Gasteiger partial charge in [0.2, 0.25) is 10.0 Å². The lowest BCUT2D eigenvalue weighted by atomic mass is 10.1. The third-order valence-corrected chi connectivity index (χ3v) is 6.04. The number of rotatable bonds is 7. The largest absolute Gasteiger partial charge is 0.380 e. The SMILES string of the molecule is CCOCC(NS(=O)(=O)c1cc(Br)sc1C)C(C)C. The Balaban J connectivity index is 2.91. The molecule has 1 N–H and O–H groups in total. The van der Waals surface area contributed by atoms with Crippen LogP contribution in [-0.2, 0) is 14.8 Å². The smallest absolute Gasteiger partial charge is 0.242 e. The Bertz CT molecular complexity index is 511. The quantitative estimate of drug-likeness (QED) is 0.802. The van der Waals surface area contributed by atoms with Gasteiger partial charge in [0, 0.05) is 17.5 Å². The first kappa shape index (κ1) is 17.1. The zero-order valence-electron chi connectivity index (χ0n) is 11.6.